The molecule has 19 heavy (non-hydrogen) atoms. The van der Waals surface area contributed by atoms with Gasteiger partial charge in [-0.25, -0.2) is 4.98 Å². The summed E-state index contributed by atoms with van der Waals surface area (Å²) < 4.78 is 5.61. The molecule has 6 heteroatoms. The van der Waals surface area contributed by atoms with Gasteiger partial charge in [0.05, 0.1) is 17.7 Å². The van der Waals surface area contributed by atoms with Crippen LogP contribution < -0.4 is 5.32 Å². The standard InChI is InChI=1S/C13H15N3O3/c1-3-14-8-13-15-7-12(19-13)11-5-4-10(16(17)18)6-9(11)2/h4-7,14H,3,8H2,1-2H3. The third-order valence-corrected chi connectivity index (χ3v) is 2.77. The Balaban J connectivity index is 2.26. The summed E-state index contributed by atoms with van der Waals surface area (Å²) in [6.45, 7) is 5.23. The molecule has 0 amide bonds. The summed E-state index contributed by atoms with van der Waals surface area (Å²) in [6.07, 6.45) is 1.64. The van der Waals surface area contributed by atoms with Crippen LogP contribution in [0.15, 0.2) is 28.8 Å². The zero-order chi connectivity index (χ0) is 13.8. The Hall–Kier alpha value is -2.21. The Kier molecular flexibility index (Phi) is 3.91. The van der Waals surface area contributed by atoms with Gasteiger partial charge in [-0.1, -0.05) is 6.92 Å². The zero-order valence-corrected chi connectivity index (χ0v) is 10.8. The lowest BCUT2D eigenvalue weighted by atomic mass is 10.1. The maximum Gasteiger partial charge on any atom is 0.269 e. The minimum absolute atomic E-state index is 0.0774. The first-order valence-corrected chi connectivity index (χ1v) is 6.02. The molecule has 0 saturated heterocycles. The minimum Gasteiger partial charge on any atom is -0.439 e. The van der Waals surface area contributed by atoms with E-state index in [2.05, 4.69) is 10.3 Å². The van der Waals surface area contributed by atoms with E-state index in [1.807, 2.05) is 13.8 Å². The topological polar surface area (TPSA) is 81.2 Å². The second-order valence-electron chi connectivity index (χ2n) is 4.15. The second kappa shape index (κ2) is 5.62. The first-order valence-electron chi connectivity index (χ1n) is 6.02. The lowest BCUT2D eigenvalue weighted by molar-refractivity contribution is -0.384. The van der Waals surface area contributed by atoms with Crippen molar-refractivity contribution >= 4 is 5.69 Å². The SMILES string of the molecule is CCNCc1ncc(-c2ccc([N+](=O)[O-])cc2C)o1. The van der Waals surface area contributed by atoms with Gasteiger partial charge in [0.1, 0.15) is 0 Å². The highest BCUT2D eigenvalue weighted by Gasteiger charge is 2.12. The average molecular weight is 261 g/mol. The van der Waals surface area contributed by atoms with E-state index in [1.165, 1.54) is 12.1 Å². The van der Waals surface area contributed by atoms with Gasteiger partial charge in [0.15, 0.2) is 5.76 Å². The number of hydrogen-bond acceptors (Lipinski definition) is 5. The van der Waals surface area contributed by atoms with Crippen molar-refractivity contribution < 1.29 is 9.34 Å². The number of nitro groups is 1. The van der Waals surface area contributed by atoms with Gasteiger partial charge < -0.3 is 9.73 Å². The molecule has 6 nitrogen and oxygen atoms in total. The summed E-state index contributed by atoms with van der Waals surface area (Å²) in [5.41, 5.74) is 1.69. The molecule has 100 valence electrons. The molecule has 1 heterocycles. The van der Waals surface area contributed by atoms with Gasteiger partial charge >= 0.3 is 0 Å². The van der Waals surface area contributed by atoms with Crippen LogP contribution in [0.5, 0.6) is 0 Å². The third kappa shape index (κ3) is 2.97. The summed E-state index contributed by atoms with van der Waals surface area (Å²) in [5.74, 6) is 1.23. The highest BCUT2D eigenvalue weighted by Crippen LogP contribution is 2.27. The monoisotopic (exact) mass is 261 g/mol. The fraction of sp³-hybridized carbons (Fsp3) is 0.308. The summed E-state index contributed by atoms with van der Waals surface area (Å²) in [6, 6.07) is 4.68. The van der Waals surface area contributed by atoms with Gasteiger partial charge in [-0.05, 0) is 25.1 Å². The van der Waals surface area contributed by atoms with Crippen LogP contribution in [0.4, 0.5) is 5.69 Å². The molecular weight excluding hydrogens is 246 g/mol. The zero-order valence-electron chi connectivity index (χ0n) is 10.8. The summed E-state index contributed by atoms with van der Waals surface area (Å²) in [4.78, 5) is 14.4. The van der Waals surface area contributed by atoms with Crippen molar-refractivity contribution in [1.29, 1.82) is 0 Å². The number of nitro benzene ring substituents is 1. The van der Waals surface area contributed by atoms with Crippen molar-refractivity contribution in [2.75, 3.05) is 6.54 Å². The average Bonchev–Trinajstić information content (AvgIpc) is 2.84. The molecule has 0 bridgehead atoms. The summed E-state index contributed by atoms with van der Waals surface area (Å²) in [5, 5.41) is 13.8. The van der Waals surface area contributed by atoms with E-state index in [1.54, 1.807) is 12.3 Å². The smallest absolute Gasteiger partial charge is 0.269 e. The van der Waals surface area contributed by atoms with Gasteiger partial charge in [-0.15, -0.1) is 0 Å². The van der Waals surface area contributed by atoms with Gasteiger partial charge in [-0.3, -0.25) is 10.1 Å². The van der Waals surface area contributed by atoms with Crippen LogP contribution >= 0.6 is 0 Å². The number of non-ortho nitro benzene ring substituents is 1. The molecule has 0 atom stereocenters. The fourth-order valence-corrected chi connectivity index (χ4v) is 1.79. The highest BCUT2D eigenvalue weighted by molar-refractivity contribution is 5.63. The Morgan fingerprint density at radius 3 is 2.89 bits per heavy atom. The van der Waals surface area contributed by atoms with Crippen molar-refractivity contribution in [3.63, 3.8) is 0 Å². The molecule has 0 aliphatic heterocycles. The third-order valence-electron chi connectivity index (χ3n) is 2.77. The van der Waals surface area contributed by atoms with Crippen LogP contribution in [0.1, 0.15) is 18.4 Å². The quantitative estimate of drug-likeness (QED) is 0.661. The normalized spacial score (nSPS) is 10.6. The van der Waals surface area contributed by atoms with Crippen molar-refractivity contribution in [1.82, 2.24) is 10.3 Å². The Bertz CT molecular complexity index is 593. The van der Waals surface area contributed by atoms with Crippen molar-refractivity contribution in [3.05, 3.63) is 46.0 Å². The molecule has 0 radical (unpaired) electrons. The molecule has 2 aromatic rings. The number of nitrogens with zero attached hydrogens (tertiary/aromatic N) is 2. The van der Waals surface area contributed by atoms with Gasteiger partial charge in [0, 0.05) is 17.7 Å². The molecule has 0 fully saturated rings. The van der Waals surface area contributed by atoms with E-state index < -0.39 is 4.92 Å². The van der Waals surface area contributed by atoms with Crippen molar-refractivity contribution in [2.45, 2.75) is 20.4 Å². The second-order valence-corrected chi connectivity index (χ2v) is 4.15. The summed E-state index contributed by atoms with van der Waals surface area (Å²) in [7, 11) is 0. The predicted octanol–water partition coefficient (Wildman–Crippen LogP) is 2.67. The number of aromatic nitrogens is 1. The Morgan fingerprint density at radius 2 is 2.26 bits per heavy atom. The number of nitrogens with one attached hydrogen (secondary N) is 1. The lowest BCUT2D eigenvalue weighted by Crippen LogP contribution is -2.11. The minimum atomic E-state index is -0.409. The van der Waals surface area contributed by atoms with Crippen LogP contribution in [-0.4, -0.2) is 16.5 Å². The molecule has 1 aromatic heterocycles. The molecule has 1 N–H and O–H groups in total. The largest absolute Gasteiger partial charge is 0.439 e. The fourth-order valence-electron chi connectivity index (χ4n) is 1.79. The summed E-state index contributed by atoms with van der Waals surface area (Å²) >= 11 is 0. The number of benzene rings is 1. The maximum atomic E-state index is 10.7. The number of oxazole rings is 1. The lowest BCUT2D eigenvalue weighted by Gasteiger charge is -2.01. The maximum absolute atomic E-state index is 10.7. The Morgan fingerprint density at radius 1 is 1.47 bits per heavy atom. The van der Waals surface area contributed by atoms with Crippen LogP contribution in [0.2, 0.25) is 0 Å². The first kappa shape index (κ1) is 13.2. The molecule has 0 aliphatic carbocycles. The molecule has 0 aliphatic rings. The van der Waals surface area contributed by atoms with E-state index in [0.717, 1.165) is 17.7 Å². The molecule has 0 spiro atoms. The van der Waals surface area contributed by atoms with E-state index in [0.29, 0.717) is 18.2 Å². The molecular formula is C13H15N3O3. The van der Waals surface area contributed by atoms with Gasteiger partial charge in [0.2, 0.25) is 5.89 Å². The molecule has 0 saturated carbocycles. The highest BCUT2D eigenvalue weighted by atomic mass is 16.6. The van der Waals surface area contributed by atoms with Crippen LogP contribution in [-0.2, 0) is 6.54 Å². The van der Waals surface area contributed by atoms with Gasteiger partial charge in [-0.2, -0.15) is 0 Å². The van der Waals surface area contributed by atoms with Gasteiger partial charge in [0.25, 0.3) is 5.69 Å². The van der Waals surface area contributed by atoms with Crippen LogP contribution in [0.25, 0.3) is 11.3 Å². The van der Waals surface area contributed by atoms with Crippen LogP contribution in [0, 0.1) is 17.0 Å². The number of hydrogen-bond donors (Lipinski definition) is 1. The van der Waals surface area contributed by atoms with Crippen molar-refractivity contribution in [3.8, 4) is 11.3 Å². The van der Waals surface area contributed by atoms with Crippen molar-refractivity contribution in [2.24, 2.45) is 0 Å². The Labute approximate surface area is 110 Å². The first-order chi connectivity index (χ1) is 9.11. The van der Waals surface area contributed by atoms with E-state index in [-0.39, 0.29) is 5.69 Å². The van der Waals surface area contributed by atoms with E-state index >= 15 is 0 Å². The number of rotatable bonds is 5. The van der Waals surface area contributed by atoms with Crippen LogP contribution in [0.3, 0.4) is 0 Å². The van der Waals surface area contributed by atoms with E-state index in [9.17, 15) is 10.1 Å². The molecule has 2 rings (SSSR count). The molecule has 0 unspecified atom stereocenters. The van der Waals surface area contributed by atoms with E-state index in [4.69, 9.17) is 4.42 Å². The predicted molar refractivity (Wildman–Crippen MR) is 70.7 cm³/mol. The molecule has 1 aromatic carbocycles. The number of aryl methyl sites for hydroxylation is 1.